The number of ether oxygens (including phenoxy) is 2. The van der Waals surface area contributed by atoms with Gasteiger partial charge in [0.05, 0.1) is 22.7 Å². The predicted molar refractivity (Wildman–Crippen MR) is 105 cm³/mol. The first-order chi connectivity index (χ1) is 13.6. The Bertz CT molecular complexity index is 975. The maximum atomic E-state index is 12.8. The van der Waals surface area contributed by atoms with Gasteiger partial charge in [0.15, 0.2) is 0 Å². The fraction of sp³-hybridized carbons (Fsp3) is 0.381. The van der Waals surface area contributed by atoms with E-state index in [9.17, 15) is 4.79 Å². The molecule has 0 radical (unpaired) electrons. The van der Waals surface area contributed by atoms with Gasteiger partial charge in [-0.2, -0.15) is 0 Å². The molecule has 3 aromatic rings. The fourth-order valence-electron chi connectivity index (χ4n) is 3.36. The molecule has 1 unspecified atom stereocenters. The van der Waals surface area contributed by atoms with Gasteiger partial charge in [-0.25, -0.2) is 4.98 Å². The molecule has 1 aliphatic rings. The molecule has 28 heavy (non-hydrogen) atoms. The molecule has 1 aliphatic heterocycles. The van der Waals surface area contributed by atoms with Gasteiger partial charge in [-0.05, 0) is 63.4 Å². The molecule has 2 aromatic heterocycles. The van der Waals surface area contributed by atoms with Crippen LogP contribution < -0.4 is 10.1 Å². The maximum absolute atomic E-state index is 12.8. The van der Waals surface area contributed by atoms with Gasteiger partial charge in [0.2, 0.25) is 0 Å². The summed E-state index contributed by atoms with van der Waals surface area (Å²) in [6.45, 7) is 4.97. The van der Waals surface area contributed by atoms with Gasteiger partial charge in [-0.15, -0.1) is 0 Å². The summed E-state index contributed by atoms with van der Waals surface area (Å²) in [5, 5.41) is 7.46. The van der Waals surface area contributed by atoms with Crippen LogP contribution in [0.4, 0.5) is 5.69 Å². The van der Waals surface area contributed by atoms with Crippen LogP contribution in [0.15, 0.2) is 34.9 Å². The molecule has 1 saturated heterocycles. The van der Waals surface area contributed by atoms with E-state index < -0.39 is 0 Å². The number of hydrogen-bond acceptors (Lipinski definition) is 6. The molecule has 0 spiro atoms. The predicted octanol–water partition coefficient (Wildman–Crippen LogP) is 4.04. The summed E-state index contributed by atoms with van der Waals surface area (Å²) in [7, 11) is 0. The summed E-state index contributed by atoms with van der Waals surface area (Å²) in [5.74, 6) is 0.523. The maximum Gasteiger partial charge on any atom is 0.258 e. The van der Waals surface area contributed by atoms with Crippen LogP contribution >= 0.6 is 0 Å². The summed E-state index contributed by atoms with van der Waals surface area (Å²) >= 11 is 0. The number of nitrogens with zero attached hydrogens (tertiary/aromatic N) is 2. The number of aryl methyl sites for hydroxylation is 2. The molecular formula is C21H23N3O4. The van der Waals surface area contributed by atoms with E-state index in [1.807, 2.05) is 31.2 Å². The second kappa shape index (κ2) is 7.98. The SMILES string of the molecule is Cc1cc(C(=O)Nc2ccc(OCC3CCCCO3)cc2)c2c(C)noc2n1. The minimum Gasteiger partial charge on any atom is -0.491 e. The summed E-state index contributed by atoms with van der Waals surface area (Å²) < 4.78 is 16.7. The third kappa shape index (κ3) is 3.99. The molecule has 1 atom stereocenters. The van der Waals surface area contributed by atoms with Crippen molar-refractivity contribution in [3.05, 3.63) is 47.3 Å². The Morgan fingerprint density at radius 3 is 2.82 bits per heavy atom. The summed E-state index contributed by atoms with van der Waals surface area (Å²) in [4.78, 5) is 17.1. The van der Waals surface area contributed by atoms with Crippen LogP contribution in [0.5, 0.6) is 5.75 Å². The van der Waals surface area contributed by atoms with Gasteiger partial charge >= 0.3 is 0 Å². The number of aromatic nitrogens is 2. The van der Waals surface area contributed by atoms with E-state index in [2.05, 4.69) is 15.5 Å². The first-order valence-corrected chi connectivity index (χ1v) is 9.49. The number of nitrogens with one attached hydrogen (secondary N) is 1. The van der Waals surface area contributed by atoms with Gasteiger partial charge in [-0.3, -0.25) is 4.79 Å². The fourth-order valence-corrected chi connectivity index (χ4v) is 3.36. The first kappa shape index (κ1) is 18.4. The Morgan fingerprint density at radius 2 is 2.07 bits per heavy atom. The van der Waals surface area contributed by atoms with Gasteiger partial charge in [0.1, 0.15) is 12.4 Å². The van der Waals surface area contributed by atoms with E-state index >= 15 is 0 Å². The van der Waals surface area contributed by atoms with Gasteiger partial charge < -0.3 is 19.3 Å². The second-order valence-electron chi connectivity index (χ2n) is 7.04. The Hall–Kier alpha value is -2.93. The largest absolute Gasteiger partial charge is 0.491 e. The minimum absolute atomic E-state index is 0.164. The third-order valence-electron chi connectivity index (χ3n) is 4.81. The van der Waals surface area contributed by atoms with Gasteiger partial charge in [0, 0.05) is 18.0 Å². The van der Waals surface area contributed by atoms with E-state index in [0.29, 0.717) is 40.3 Å². The van der Waals surface area contributed by atoms with Crippen LogP contribution in [0.3, 0.4) is 0 Å². The van der Waals surface area contributed by atoms with Crippen molar-refractivity contribution in [2.24, 2.45) is 0 Å². The Balaban J connectivity index is 1.43. The summed E-state index contributed by atoms with van der Waals surface area (Å²) in [6, 6.07) is 9.07. The molecule has 4 rings (SSSR count). The number of carbonyl (C=O) groups excluding carboxylic acids is 1. The highest BCUT2D eigenvalue weighted by Gasteiger charge is 2.18. The normalized spacial score (nSPS) is 16.9. The van der Waals surface area contributed by atoms with E-state index in [0.717, 1.165) is 25.2 Å². The molecule has 7 heteroatoms. The Morgan fingerprint density at radius 1 is 1.25 bits per heavy atom. The lowest BCUT2D eigenvalue weighted by molar-refractivity contribution is -0.0110. The summed E-state index contributed by atoms with van der Waals surface area (Å²) in [6.07, 6.45) is 3.52. The average molecular weight is 381 g/mol. The van der Waals surface area contributed by atoms with Crippen molar-refractivity contribution in [1.29, 1.82) is 0 Å². The minimum atomic E-state index is -0.230. The molecule has 1 amide bonds. The Labute approximate surface area is 163 Å². The van der Waals surface area contributed by atoms with Crippen molar-refractivity contribution in [2.45, 2.75) is 39.2 Å². The molecule has 146 valence electrons. The van der Waals surface area contributed by atoms with Gasteiger partial charge in [-0.1, -0.05) is 5.16 Å². The zero-order valence-corrected chi connectivity index (χ0v) is 16.0. The Kier molecular flexibility index (Phi) is 5.25. The first-order valence-electron chi connectivity index (χ1n) is 9.49. The number of anilines is 1. The van der Waals surface area contributed by atoms with Crippen molar-refractivity contribution in [3.63, 3.8) is 0 Å². The monoisotopic (exact) mass is 381 g/mol. The van der Waals surface area contributed by atoms with Crippen molar-refractivity contribution in [1.82, 2.24) is 10.1 Å². The molecule has 1 N–H and O–H groups in total. The molecule has 3 heterocycles. The lowest BCUT2D eigenvalue weighted by Crippen LogP contribution is -2.25. The summed E-state index contributed by atoms with van der Waals surface area (Å²) in [5.41, 5.74) is 2.89. The number of pyridine rings is 1. The smallest absolute Gasteiger partial charge is 0.258 e. The molecule has 7 nitrogen and oxygen atoms in total. The van der Waals surface area contributed by atoms with Crippen molar-refractivity contribution >= 4 is 22.7 Å². The van der Waals surface area contributed by atoms with Gasteiger partial charge in [0.25, 0.3) is 11.6 Å². The number of rotatable bonds is 5. The number of amides is 1. The highest BCUT2D eigenvalue weighted by atomic mass is 16.5. The van der Waals surface area contributed by atoms with E-state index in [1.165, 1.54) is 6.42 Å². The molecule has 0 bridgehead atoms. The van der Waals surface area contributed by atoms with Crippen LogP contribution in [-0.2, 0) is 4.74 Å². The second-order valence-corrected chi connectivity index (χ2v) is 7.04. The molecule has 0 saturated carbocycles. The van der Waals surface area contributed by atoms with Crippen molar-refractivity contribution < 1.29 is 18.8 Å². The topological polar surface area (TPSA) is 86.5 Å². The van der Waals surface area contributed by atoms with E-state index in [-0.39, 0.29) is 12.0 Å². The standard InChI is InChI=1S/C21H23N3O4/c1-13-11-18(19-14(2)24-28-21(19)22-13)20(25)23-15-6-8-16(9-7-15)27-12-17-5-3-4-10-26-17/h6-9,11,17H,3-5,10,12H2,1-2H3,(H,23,25). The van der Waals surface area contributed by atoms with Crippen molar-refractivity contribution in [3.8, 4) is 5.75 Å². The number of fused-ring (bicyclic) bond motifs is 1. The van der Waals surface area contributed by atoms with Crippen LogP contribution in [0.25, 0.3) is 11.1 Å². The molecular weight excluding hydrogens is 358 g/mol. The van der Waals surface area contributed by atoms with Crippen LogP contribution in [0, 0.1) is 13.8 Å². The molecule has 1 fully saturated rings. The quantitative estimate of drug-likeness (QED) is 0.718. The number of carbonyl (C=O) groups is 1. The van der Waals surface area contributed by atoms with E-state index in [1.54, 1.807) is 13.0 Å². The average Bonchev–Trinajstić information content (AvgIpc) is 3.08. The van der Waals surface area contributed by atoms with Crippen LogP contribution in [-0.4, -0.2) is 35.4 Å². The zero-order valence-electron chi connectivity index (χ0n) is 16.0. The molecule has 0 aliphatic carbocycles. The highest BCUT2D eigenvalue weighted by molar-refractivity contribution is 6.12. The van der Waals surface area contributed by atoms with Crippen molar-refractivity contribution in [2.75, 3.05) is 18.5 Å². The lowest BCUT2D eigenvalue weighted by Gasteiger charge is -2.22. The van der Waals surface area contributed by atoms with Crippen LogP contribution in [0.2, 0.25) is 0 Å². The lowest BCUT2D eigenvalue weighted by atomic mass is 10.1. The highest BCUT2D eigenvalue weighted by Crippen LogP contribution is 2.24. The number of benzene rings is 1. The van der Waals surface area contributed by atoms with Crippen LogP contribution in [0.1, 0.15) is 41.0 Å². The third-order valence-corrected chi connectivity index (χ3v) is 4.81. The van der Waals surface area contributed by atoms with E-state index in [4.69, 9.17) is 14.0 Å². The zero-order chi connectivity index (χ0) is 19.5. The number of hydrogen-bond donors (Lipinski definition) is 1. The molecule has 1 aromatic carbocycles.